The molecule has 0 radical (unpaired) electrons. The summed E-state index contributed by atoms with van der Waals surface area (Å²) in [4.78, 5) is 4.32. The first-order valence-electron chi connectivity index (χ1n) is 9.94. The molecule has 0 spiro atoms. The summed E-state index contributed by atoms with van der Waals surface area (Å²) in [5.74, 6) is 1.28. The van der Waals surface area contributed by atoms with Gasteiger partial charge in [-0.2, -0.15) is 0 Å². The molecule has 2 unspecified atom stereocenters. The molecular weight excluding hydrogens is 469 g/mol. The van der Waals surface area contributed by atoms with Crippen molar-refractivity contribution in [2.45, 2.75) is 32.3 Å². The molecule has 1 aliphatic rings. The number of halogens is 1. The van der Waals surface area contributed by atoms with Crippen LogP contribution < -0.4 is 10.6 Å². The largest absolute Gasteiger partial charge is 0.382 e. The molecule has 1 heterocycles. The summed E-state index contributed by atoms with van der Waals surface area (Å²) in [6.45, 7) is 6.64. The molecule has 2 rings (SSSR count). The topological polar surface area (TPSA) is 64.1 Å². The lowest BCUT2D eigenvalue weighted by molar-refractivity contribution is -0.0265. The second kappa shape index (κ2) is 15.0. The zero-order chi connectivity index (χ0) is 19.3. The van der Waals surface area contributed by atoms with Gasteiger partial charge in [0.05, 0.1) is 19.3 Å². The Morgan fingerprint density at radius 1 is 1.18 bits per heavy atom. The first-order chi connectivity index (χ1) is 13.2. The van der Waals surface area contributed by atoms with Crippen molar-refractivity contribution in [3.63, 3.8) is 0 Å². The smallest absolute Gasteiger partial charge is 0.190 e. The van der Waals surface area contributed by atoms with Gasteiger partial charge < -0.3 is 24.8 Å². The molecule has 160 valence electrons. The maximum atomic E-state index is 6.10. The van der Waals surface area contributed by atoms with Crippen molar-refractivity contribution in [2.24, 2.45) is 10.9 Å². The number of nitrogens with zero attached hydrogens (tertiary/aromatic N) is 1. The van der Waals surface area contributed by atoms with Crippen LogP contribution in [0.4, 0.5) is 0 Å². The number of aryl methyl sites for hydroxylation is 1. The fraction of sp³-hybridized carbons (Fsp3) is 0.667. The third kappa shape index (κ3) is 9.07. The highest BCUT2D eigenvalue weighted by Crippen LogP contribution is 2.33. The van der Waals surface area contributed by atoms with E-state index in [0.717, 1.165) is 51.5 Å². The van der Waals surface area contributed by atoms with E-state index in [2.05, 4.69) is 46.8 Å². The number of aliphatic imine (C=N–C) groups is 1. The van der Waals surface area contributed by atoms with Gasteiger partial charge in [0.2, 0.25) is 0 Å². The summed E-state index contributed by atoms with van der Waals surface area (Å²) in [6, 6.07) is 8.70. The molecule has 1 aliphatic heterocycles. The Morgan fingerprint density at radius 2 is 1.96 bits per heavy atom. The van der Waals surface area contributed by atoms with Gasteiger partial charge in [-0.3, -0.25) is 4.99 Å². The summed E-state index contributed by atoms with van der Waals surface area (Å²) in [5, 5.41) is 6.81. The Balaban J connectivity index is 0.00000392. The number of guanidine groups is 1. The Labute approximate surface area is 186 Å². The molecule has 7 heteroatoms. The minimum atomic E-state index is 0. The number of ether oxygens (including phenoxy) is 3. The number of hydrogen-bond acceptors (Lipinski definition) is 4. The van der Waals surface area contributed by atoms with E-state index < -0.39 is 0 Å². The third-order valence-corrected chi connectivity index (χ3v) is 4.80. The lowest BCUT2D eigenvalue weighted by Crippen LogP contribution is -2.42. The zero-order valence-corrected chi connectivity index (χ0v) is 19.7. The Morgan fingerprint density at radius 3 is 2.68 bits per heavy atom. The van der Waals surface area contributed by atoms with E-state index >= 15 is 0 Å². The number of rotatable bonds is 10. The molecule has 2 N–H and O–H groups in total. The highest BCUT2D eigenvalue weighted by molar-refractivity contribution is 14.0. The number of methoxy groups -OCH3 is 1. The SMILES string of the molecule is CN=C(NCCCOCCOC)NCC1CCCOC1c1ccc(C)cc1.I. The van der Waals surface area contributed by atoms with E-state index in [-0.39, 0.29) is 30.1 Å². The van der Waals surface area contributed by atoms with Crippen LogP contribution in [0, 0.1) is 12.8 Å². The van der Waals surface area contributed by atoms with Crippen LogP contribution >= 0.6 is 24.0 Å². The molecule has 2 atom stereocenters. The molecule has 28 heavy (non-hydrogen) atoms. The monoisotopic (exact) mass is 505 g/mol. The van der Waals surface area contributed by atoms with E-state index in [1.807, 2.05) is 0 Å². The minimum Gasteiger partial charge on any atom is -0.382 e. The van der Waals surface area contributed by atoms with Crippen LogP contribution in [0.3, 0.4) is 0 Å². The maximum Gasteiger partial charge on any atom is 0.190 e. The average Bonchev–Trinajstić information content (AvgIpc) is 2.70. The van der Waals surface area contributed by atoms with Gasteiger partial charge in [0, 0.05) is 46.4 Å². The molecule has 0 saturated carbocycles. The van der Waals surface area contributed by atoms with Gasteiger partial charge in [0.1, 0.15) is 0 Å². The summed E-state index contributed by atoms with van der Waals surface area (Å²) in [5.41, 5.74) is 2.54. The summed E-state index contributed by atoms with van der Waals surface area (Å²) >= 11 is 0. The standard InChI is InChI=1S/C21H35N3O3.HI/c1-17-7-9-18(10-8-17)20-19(6-4-13-27-20)16-24-21(22-2)23-11-5-12-26-15-14-25-3;/h7-10,19-20H,4-6,11-16H2,1-3H3,(H2,22,23,24);1H. The van der Waals surface area contributed by atoms with Crippen molar-refractivity contribution in [2.75, 3.05) is 53.7 Å². The summed E-state index contributed by atoms with van der Waals surface area (Å²) in [6.07, 6.45) is 3.36. The van der Waals surface area contributed by atoms with Gasteiger partial charge >= 0.3 is 0 Å². The first-order valence-corrected chi connectivity index (χ1v) is 9.94. The van der Waals surface area contributed by atoms with E-state index in [1.165, 1.54) is 11.1 Å². The molecule has 1 aromatic carbocycles. The molecular formula is C21H36IN3O3. The maximum absolute atomic E-state index is 6.10. The predicted molar refractivity (Wildman–Crippen MR) is 125 cm³/mol. The molecule has 6 nitrogen and oxygen atoms in total. The minimum absolute atomic E-state index is 0. The molecule has 0 amide bonds. The van der Waals surface area contributed by atoms with Crippen molar-refractivity contribution < 1.29 is 14.2 Å². The fourth-order valence-electron chi connectivity index (χ4n) is 3.25. The fourth-order valence-corrected chi connectivity index (χ4v) is 3.25. The number of nitrogens with one attached hydrogen (secondary N) is 2. The van der Waals surface area contributed by atoms with Crippen molar-refractivity contribution in [3.05, 3.63) is 35.4 Å². The molecule has 0 aromatic heterocycles. The van der Waals surface area contributed by atoms with Gasteiger partial charge in [-0.25, -0.2) is 0 Å². The van der Waals surface area contributed by atoms with E-state index in [4.69, 9.17) is 14.2 Å². The Kier molecular flexibility index (Phi) is 13.5. The van der Waals surface area contributed by atoms with Gasteiger partial charge in [-0.1, -0.05) is 29.8 Å². The van der Waals surface area contributed by atoms with Crippen LogP contribution in [0.1, 0.15) is 36.5 Å². The van der Waals surface area contributed by atoms with Crippen molar-refractivity contribution >= 4 is 29.9 Å². The Bertz CT molecular complexity index is 554. The van der Waals surface area contributed by atoms with Gasteiger partial charge in [-0.05, 0) is 31.7 Å². The van der Waals surface area contributed by atoms with Crippen LogP contribution in [0.2, 0.25) is 0 Å². The van der Waals surface area contributed by atoms with Crippen molar-refractivity contribution in [1.29, 1.82) is 0 Å². The quantitative estimate of drug-likeness (QED) is 0.221. The van der Waals surface area contributed by atoms with E-state index in [9.17, 15) is 0 Å². The normalized spacial score (nSPS) is 19.8. The van der Waals surface area contributed by atoms with Crippen LogP contribution in [0.15, 0.2) is 29.3 Å². The molecule has 1 saturated heterocycles. The summed E-state index contributed by atoms with van der Waals surface area (Å²) < 4.78 is 16.5. The lowest BCUT2D eigenvalue weighted by atomic mass is 9.89. The van der Waals surface area contributed by atoms with Crippen LogP contribution in [0.5, 0.6) is 0 Å². The van der Waals surface area contributed by atoms with E-state index in [1.54, 1.807) is 14.2 Å². The highest BCUT2D eigenvalue weighted by atomic mass is 127. The third-order valence-electron chi connectivity index (χ3n) is 4.80. The number of hydrogen-bond donors (Lipinski definition) is 2. The molecule has 0 bridgehead atoms. The second-order valence-electron chi connectivity index (χ2n) is 6.94. The van der Waals surface area contributed by atoms with Crippen LogP contribution in [-0.2, 0) is 14.2 Å². The van der Waals surface area contributed by atoms with Gasteiger partial charge in [-0.15, -0.1) is 24.0 Å². The lowest BCUT2D eigenvalue weighted by Gasteiger charge is -2.32. The zero-order valence-electron chi connectivity index (χ0n) is 17.4. The van der Waals surface area contributed by atoms with E-state index in [0.29, 0.717) is 19.1 Å². The van der Waals surface area contributed by atoms with Crippen LogP contribution in [-0.4, -0.2) is 59.6 Å². The van der Waals surface area contributed by atoms with Crippen LogP contribution in [0.25, 0.3) is 0 Å². The summed E-state index contributed by atoms with van der Waals surface area (Å²) in [7, 11) is 3.49. The second-order valence-corrected chi connectivity index (χ2v) is 6.94. The predicted octanol–water partition coefficient (Wildman–Crippen LogP) is 3.30. The van der Waals surface area contributed by atoms with Gasteiger partial charge in [0.15, 0.2) is 5.96 Å². The molecule has 1 fully saturated rings. The number of benzene rings is 1. The first kappa shape index (κ1) is 25.1. The van der Waals surface area contributed by atoms with Crippen molar-refractivity contribution in [1.82, 2.24) is 10.6 Å². The highest BCUT2D eigenvalue weighted by Gasteiger charge is 2.27. The van der Waals surface area contributed by atoms with Gasteiger partial charge in [0.25, 0.3) is 0 Å². The molecule has 1 aromatic rings. The Hall–Kier alpha value is -0.900. The van der Waals surface area contributed by atoms with Crippen molar-refractivity contribution in [3.8, 4) is 0 Å². The average molecular weight is 505 g/mol. The molecule has 0 aliphatic carbocycles.